The number of piperazine rings is 1. The molecular weight excluding hydrogens is 416 g/mol. The lowest BCUT2D eigenvalue weighted by Crippen LogP contribution is -2.53. The van der Waals surface area contributed by atoms with Crippen LogP contribution in [-0.2, 0) is 9.53 Å². The summed E-state index contributed by atoms with van der Waals surface area (Å²) in [5, 5.41) is 3.07. The summed E-state index contributed by atoms with van der Waals surface area (Å²) < 4.78 is 5.22. The zero-order valence-electron chi connectivity index (χ0n) is 18.9. The number of carbonyl (C=O) groups is 2. The summed E-state index contributed by atoms with van der Waals surface area (Å²) in [5.74, 6) is -0.382. The number of para-hydroxylation sites is 1. The molecule has 1 saturated heterocycles. The molecule has 33 heavy (non-hydrogen) atoms. The molecule has 7 heteroatoms. The molecule has 3 aliphatic rings. The second kappa shape index (κ2) is 9.27. The Hall–Kier alpha value is -3.32. The maximum Gasteiger partial charge on any atom is 0.338 e. The molecule has 2 aromatic carbocycles. The molecule has 172 valence electrons. The van der Waals surface area contributed by atoms with Crippen LogP contribution < -0.4 is 10.2 Å². The van der Waals surface area contributed by atoms with Gasteiger partial charge in [0, 0.05) is 50.2 Å². The summed E-state index contributed by atoms with van der Waals surface area (Å²) in [6.45, 7) is 4.09. The second-order valence-electron chi connectivity index (χ2n) is 8.85. The van der Waals surface area contributed by atoms with Gasteiger partial charge in [-0.25, -0.2) is 9.59 Å². The minimum absolute atomic E-state index is 0.128. The zero-order chi connectivity index (χ0) is 22.8. The van der Waals surface area contributed by atoms with Crippen molar-refractivity contribution in [2.45, 2.75) is 24.9 Å². The van der Waals surface area contributed by atoms with Crippen molar-refractivity contribution >= 4 is 17.7 Å². The molecule has 1 atom stereocenters. The van der Waals surface area contributed by atoms with Gasteiger partial charge in [0.05, 0.1) is 18.7 Å². The maximum atomic E-state index is 13.2. The Morgan fingerprint density at radius 1 is 0.970 bits per heavy atom. The summed E-state index contributed by atoms with van der Waals surface area (Å²) in [6.07, 6.45) is 1.92. The van der Waals surface area contributed by atoms with Crippen LogP contribution in [0.15, 0.2) is 71.9 Å². The smallest absolute Gasteiger partial charge is 0.338 e. The van der Waals surface area contributed by atoms with Gasteiger partial charge in [-0.3, -0.25) is 9.80 Å². The Morgan fingerprint density at radius 3 is 2.21 bits per heavy atom. The van der Waals surface area contributed by atoms with Gasteiger partial charge in [0.2, 0.25) is 0 Å². The monoisotopic (exact) mass is 446 g/mol. The maximum absolute atomic E-state index is 13.2. The fourth-order valence-electron chi connectivity index (χ4n) is 4.82. The number of nitrogens with one attached hydrogen (secondary N) is 1. The Morgan fingerprint density at radius 2 is 1.61 bits per heavy atom. The average molecular weight is 447 g/mol. The summed E-state index contributed by atoms with van der Waals surface area (Å²) in [6, 6.07) is 19.6. The number of rotatable bonds is 6. The summed E-state index contributed by atoms with van der Waals surface area (Å²) in [7, 11) is 1.41. The Balaban J connectivity index is 1.44. The van der Waals surface area contributed by atoms with E-state index in [1.807, 2.05) is 41.3 Å². The van der Waals surface area contributed by atoms with Gasteiger partial charge in [-0.05, 0) is 30.5 Å². The quantitative estimate of drug-likeness (QED) is 0.691. The minimum Gasteiger partial charge on any atom is -0.466 e. The van der Waals surface area contributed by atoms with Crippen molar-refractivity contribution in [3.63, 3.8) is 0 Å². The molecule has 1 N–H and O–H groups in total. The number of hydrogen-bond donors (Lipinski definition) is 1. The second-order valence-corrected chi connectivity index (χ2v) is 8.85. The van der Waals surface area contributed by atoms with Gasteiger partial charge < -0.3 is 15.0 Å². The van der Waals surface area contributed by atoms with E-state index in [0.717, 1.165) is 50.3 Å². The largest absolute Gasteiger partial charge is 0.466 e. The van der Waals surface area contributed by atoms with Gasteiger partial charge in [-0.1, -0.05) is 48.5 Å². The van der Waals surface area contributed by atoms with Crippen LogP contribution in [0.1, 0.15) is 24.4 Å². The first-order valence-corrected chi connectivity index (χ1v) is 11.6. The predicted molar refractivity (Wildman–Crippen MR) is 127 cm³/mol. The van der Waals surface area contributed by atoms with Gasteiger partial charge in [0.15, 0.2) is 0 Å². The molecule has 2 aliphatic heterocycles. The fraction of sp³-hybridized carbons (Fsp3) is 0.385. The highest BCUT2D eigenvalue weighted by Crippen LogP contribution is 2.38. The van der Waals surface area contributed by atoms with E-state index in [4.69, 9.17) is 4.74 Å². The van der Waals surface area contributed by atoms with Crippen LogP contribution in [-0.4, -0.2) is 67.7 Å². The number of carbonyl (C=O) groups excluding carboxylic acids is 2. The predicted octanol–water partition coefficient (Wildman–Crippen LogP) is 3.16. The lowest BCUT2D eigenvalue weighted by Gasteiger charge is -2.41. The molecule has 0 bridgehead atoms. The molecule has 0 spiro atoms. The number of ether oxygens (including phenoxy) is 1. The standard InChI is InChI=1S/C26H30N4O3/c1-33-25(31)23-22(18-28-14-16-29(17-15-28)20-10-6-3-7-11-20)30(21-12-13-21)26(32)27-24(23)19-8-4-2-5-9-19/h2-11,21,24H,12-18H2,1H3,(H,27,32). The van der Waals surface area contributed by atoms with Crippen molar-refractivity contribution in [3.05, 3.63) is 77.5 Å². The molecule has 7 nitrogen and oxygen atoms in total. The van der Waals surface area contributed by atoms with E-state index >= 15 is 0 Å². The lowest BCUT2D eigenvalue weighted by molar-refractivity contribution is -0.136. The molecule has 0 radical (unpaired) electrons. The van der Waals surface area contributed by atoms with Crippen LogP contribution in [0, 0.1) is 0 Å². The molecular formula is C26H30N4O3. The van der Waals surface area contributed by atoms with Crippen LogP contribution in [0.3, 0.4) is 0 Å². The number of benzene rings is 2. The van der Waals surface area contributed by atoms with Crippen LogP contribution in [0.5, 0.6) is 0 Å². The third-order valence-corrected chi connectivity index (χ3v) is 6.69. The molecule has 0 aromatic heterocycles. The Kier molecular flexibility index (Phi) is 6.05. The number of amides is 2. The van der Waals surface area contributed by atoms with Crippen LogP contribution in [0.4, 0.5) is 10.5 Å². The van der Waals surface area contributed by atoms with Crippen molar-refractivity contribution in [2.24, 2.45) is 0 Å². The number of esters is 1. The Bertz CT molecular complexity index is 1030. The highest BCUT2D eigenvalue weighted by molar-refractivity contribution is 5.95. The minimum atomic E-state index is -0.512. The van der Waals surface area contributed by atoms with E-state index < -0.39 is 6.04 Å². The molecule has 1 saturated carbocycles. The number of nitrogens with zero attached hydrogens (tertiary/aromatic N) is 3. The van der Waals surface area contributed by atoms with Crippen molar-refractivity contribution in [1.82, 2.24) is 15.1 Å². The summed E-state index contributed by atoms with van der Waals surface area (Å²) in [5.41, 5.74) is 3.44. The van der Waals surface area contributed by atoms with Gasteiger partial charge in [-0.15, -0.1) is 0 Å². The van der Waals surface area contributed by atoms with Crippen molar-refractivity contribution in [3.8, 4) is 0 Å². The van der Waals surface area contributed by atoms with E-state index in [-0.39, 0.29) is 18.0 Å². The van der Waals surface area contributed by atoms with E-state index in [2.05, 4.69) is 39.4 Å². The molecule has 1 aliphatic carbocycles. The van der Waals surface area contributed by atoms with E-state index in [0.29, 0.717) is 12.1 Å². The molecule has 2 aromatic rings. The van der Waals surface area contributed by atoms with Gasteiger partial charge in [0.1, 0.15) is 0 Å². The zero-order valence-corrected chi connectivity index (χ0v) is 18.9. The van der Waals surface area contributed by atoms with Crippen molar-refractivity contribution in [2.75, 3.05) is 44.7 Å². The average Bonchev–Trinajstić information content (AvgIpc) is 3.70. The number of urea groups is 1. The van der Waals surface area contributed by atoms with Crippen LogP contribution in [0.25, 0.3) is 0 Å². The topological polar surface area (TPSA) is 65.1 Å². The van der Waals surface area contributed by atoms with Gasteiger partial charge in [0.25, 0.3) is 0 Å². The van der Waals surface area contributed by atoms with Crippen molar-refractivity contribution in [1.29, 1.82) is 0 Å². The third kappa shape index (κ3) is 4.46. The summed E-state index contributed by atoms with van der Waals surface area (Å²) in [4.78, 5) is 32.8. The highest BCUT2D eigenvalue weighted by atomic mass is 16.5. The normalized spacial score (nSPS) is 21.7. The highest BCUT2D eigenvalue weighted by Gasteiger charge is 2.44. The molecule has 2 fully saturated rings. The first-order chi connectivity index (χ1) is 16.2. The van der Waals surface area contributed by atoms with Crippen LogP contribution >= 0.6 is 0 Å². The SMILES string of the molecule is COC(=O)C1=C(CN2CCN(c3ccccc3)CC2)N(C2CC2)C(=O)NC1c1ccccc1. The van der Waals surface area contributed by atoms with Crippen molar-refractivity contribution < 1.29 is 14.3 Å². The van der Waals surface area contributed by atoms with E-state index in [1.165, 1.54) is 12.8 Å². The third-order valence-electron chi connectivity index (χ3n) is 6.69. The lowest BCUT2D eigenvalue weighted by atomic mass is 9.94. The number of anilines is 1. The van der Waals surface area contributed by atoms with Gasteiger partial charge >= 0.3 is 12.0 Å². The molecule has 5 rings (SSSR count). The van der Waals surface area contributed by atoms with E-state index in [1.54, 1.807) is 0 Å². The first kappa shape index (κ1) is 21.5. The Labute approximate surface area is 194 Å². The fourth-order valence-corrected chi connectivity index (χ4v) is 4.82. The molecule has 2 heterocycles. The van der Waals surface area contributed by atoms with Gasteiger partial charge in [-0.2, -0.15) is 0 Å². The number of methoxy groups -OCH3 is 1. The summed E-state index contributed by atoms with van der Waals surface area (Å²) >= 11 is 0. The molecule has 1 unspecified atom stereocenters. The van der Waals surface area contributed by atoms with E-state index in [9.17, 15) is 9.59 Å². The molecule has 2 amide bonds. The number of hydrogen-bond acceptors (Lipinski definition) is 5. The van der Waals surface area contributed by atoms with Crippen LogP contribution in [0.2, 0.25) is 0 Å². The first-order valence-electron chi connectivity index (χ1n) is 11.6.